The molecule has 0 unspecified atom stereocenters. The van der Waals surface area contributed by atoms with Crippen LogP contribution in [0.5, 0.6) is 0 Å². The number of hydrogen-bond acceptors (Lipinski definition) is 4. The van der Waals surface area contributed by atoms with Gasteiger partial charge >= 0.3 is 0 Å². The van der Waals surface area contributed by atoms with Gasteiger partial charge in [0.2, 0.25) is 9.84 Å². The van der Waals surface area contributed by atoms with Crippen LogP contribution < -0.4 is 10.2 Å². The minimum Gasteiger partial charge on any atom is -0.367 e. The molecule has 0 radical (unpaired) electrons. The first-order chi connectivity index (χ1) is 12.1. The Bertz CT molecular complexity index is 1000. The van der Waals surface area contributed by atoms with E-state index in [0.717, 1.165) is 42.8 Å². The van der Waals surface area contributed by atoms with Crippen molar-refractivity contribution >= 4 is 26.4 Å². The van der Waals surface area contributed by atoms with Gasteiger partial charge in [0.05, 0.1) is 16.1 Å². The smallest absolute Gasteiger partial charge is 0.222 e. The molecule has 25 heavy (non-hydrogen) atoms. The molecule has 1 aromatic heterocycles. The summed E-state index contributed by atoms with van der Waals surface area (Å²) in [4.78, 5) is 2.64. The number of nitrogens with zero attached hydrogens (tertiary/aromatic N) is 2. The molecule has 1 aliphatic heterocycles. The van der Waals surface area contributed by atoms with Crippen molar-refractivity contribution < 1.29 is 8.42 Å². The maximum absolute atomic E-state index is 13.1. The second-order valence-corrected chi connectivity index (χ2v) is 8.21. The fraction of sp³-hybridized carbons (Fsp3) is 0.263. The van der Waals surface area contributed by atoms with Crippen molar-refractivity contribution in [1.82, 2.24) is 9.88 Å². The highest BCUT2D eigenvalue weighted by Crippen LogP contribution is 2.33. The maximum Gasteiger partial charge on any atom is 0.222 e. The van der Waals surface area contributed by atoms with Crippen molar-refractivity contribution in [1.29, 1.82) is 0 Å². The lowest BCUT2D eigenvalue weighted by Gasteiger charge is -2.30. The number of fused-ring (bicyclic) bond motifs is 1. The second kappa shape index (κ2) is 6.20. The highest BCUT2D eigenvalue weighted by molar-refractivity contribution is 7.91. The van der Waals surface area contributed by atoms with E-state index in [4.69, 9.17) is 0 Å². The van der Waals surface area contributed by atoms with Gasteiger partial charge in [0.15, 0.2) is 0 Å². The molecule has 130 valence electrons. The lowest BCUT2D eigenvalue weighted by atomic mass is 10.2. The molecule has 0 saturated carbocycles. The van der Waals surface area contributed by atoms with E-state index in [1.54, 1.807) is 30.3 Å². The zero-order valence-electron chi connectivity index (χ0n) is 14.1. The largest absolute Gasteiger partial charge is 0.367 e. The number of nitrogens with one attached hydrogen (secondary N) is 1. The second-order valence-electron chi connectivity index (χ2n) is 6.31. The summed E-state index contributed by atoms with van der Waals surface area (Å²) in [6.07, 6.45) is 0. The fourth-order valence-electron chi connectivity index (χ4n) is 3.51. The summed E-state index contributed by atoms with van der Waals surface area (Å²) in [7, 11) is -1.71. The third kappa shape index (κ3) is 2.71. The van der Waals surface area contributed by atoms with Crippen molar-refractivity contribution in [3.8, 4) is 0 Å². The van der Waals surface area contributed by atoms with Crippen LogP contribution in [0.4, 0.5) is 5.69 Å². The molecular weight excluding hydrogens is 334 g/mol. The number of rotatable bonds is 3. The highest BCUT2D eigenvalue weighted by atomic mass is 32.2. The van der Waals surface area contributed by atoms with Crippen molar-refractivity contribution in [2.75, 3.05) is 31.1 Å². The number of sulfone groups is 1. The highest BCUT2D eigenvalue weighted by Gasteiger charge is 2.24. The van der Waals surface area contributed by atoms with Crippen molar-refractivity contribution in [2.24, 2.45) is 7.05 Å². The third-order valence-corrected chi connectivity index (χ3v) is 6.61. The van der Waals surface area contributed by atoms with Gasteiger partial charge < -0.3 is 14.8 Å². The number of benzene rings is 2. The third-order valence-electron chi connectivity index (χ3n) is 4.78. The summed E-state index contributed by atoms with van der Waals surface area (Å²) < 4.78 is 27.9. The summed E-state index contributed by atoms with van der Waals surface area (Å²) >= 11 is 0. The van der Waals surface area contributed by atoms with Gasteiger partial charge in [-0.05, 0) is 24.3 Å². The first-order valence-corrected chi connectivity index (χ1v) is 9.91. The standard InChI is InChI=1S/C19H21N3O2S/c1-21-18(25(23,24)16-7-3-2-4-8-16)14-15-6-5-9-17(19(15)21)22-12-10-20-11-13-22/h2-9,14,20H,10-13H2,1H3. The molecule has 2 aromatic carbocycles. The maximum atomic E-state index is 13.1. The molecule has 3 aromatic rings. The van der Waals surface area contributed by atoms with Gasteiger partial charge in [-0.25, -0.2) is 8.42 Å². The molecule has 0 amide bonds. The minimum atomic E-state index is -3.55. The summed E-state index contributed by atoms with van der Waals surface area (Å²) in [5, 5.41) is 4.64. The van der Waals surface area contributed by atoms with Crippen molar-refractivity contribution in [3.05, 3.63) is 54.6 Å². The van der Waals surface area contributed by atoms with Crippen LogP contribution in [0.1, 0.15) is 0 Å². The molecule has 0 spiro atoms. The molecule has 0 atom stereocenters. The molecule has 6 heteroatoms. The zero-order valence-corrected chi connectivity index (χ0v) is 15.0. The normalized spacial score (nSPS) is 15.6. The molecule has 1 N–H and O–H groups in total. The minimum absolute atomic E-state index is 0.324. The van der Waals surface area contributed by atoms with Crippen LogP contribution in [0.25, 0.3) is 10.9 Å². The number of para-hydroxylation sites is 1. The molecule has 0 bridgehead atoms. The lowest BCUT2D eigenvalue weighted by molar-refractivity contribution is 0.585. The predicted octanol–water partition coefficient (Wildman–Crippen LogP) is 2.42. The first-order valence-electron chi connectivity index (χ1n) is 8.43. The summed E-state index contributed by atoms with van der Waals surface area (Å²) in [6, 6.07) is 16.4. The lowest BCUT2D eigenvalue weighted by Crippen LogP contribution is -2.43. The Balaban J connectivity index is 1.89. The van der Waals surface area contributed by atoms with E-state index in [0.29, 0.717) is 9.92 Å². The monoisotopic (exact) mass is 355 g/mol. The fourth-order valence-corrected chi connectivity index (χ4v) is 5.00. The molecular formula is C19H21N3O2S. The Morgan fingerprint density at radius 1 is 0.960 bits per heavy atom. The van der Waals surface area contributed by atoms with E-state index in [-0.39, 0.29) is 0 Å². The van der Waals surface area contributed by atoms with Gasteiger partial charge in [0, 0.05) is 38.6 Å². The van der Waals surface area contributed by atoms with Crippen LogP contribution in [0.2, 0.25) is 0 Å². The van der Waals surface area contributed by atoms with E-state index in [1.807, 2.05) is 29.8 Å². The van der Waals surface area contributed by atoms with E-state index in [9.17, 15) is 8.42 Å². The quantitative estimate of drug-likeness (QED) is 0.784. The van der Waals surface area contributed by atoms with Gasteiger partial charge in [0.1, 0.15) is 5.03 Å². The summed E-state index contributed by atoms with van der Waals surface area (Å²) in [5.74, 6) is 0. The Hall–Kier alpha value is -2.31. The molecule has 1 saturated heterocycles. The van der Waals surface area contributed by atoms with Crippen LogP contribution in [0.15, 0.2) is 64.5 Å². The zero-order chi connectivity index (χ0) is 17.4. The van der Waals surface area contributed by atoms with E-state index in [1.165, 1.54) is 0 Å². The summed E-state index contributed by atoms with van der Waals surface area (Å²) in [6.45, 7) is 3.72. The van der Waals surface area contributed by atoms with Crippen LogP contribution in [0, 0.1) is 0 Å². The van der Waals surface area contributed by atoms with Gasteiger partial charge in [-0.3, -0.25) is 0 Å². The molecule has 4 rings (SSSR count). The molecule has 1 aliphatic rings. The molecule has 5 nitrogen and oxygen atoms in total. The van der Waals surface area contributed by atoms with Gasteiger partial charge in [0.25, 0.3) is 0 Å². The van der Waals surface area contributed by atoms with E-state index >= 15 is 0 Å². The molecule has 2 heterocycles. The topological polar surface area (TPSA) is 54.3 Å². The SMILES string of the molecule is Cn1c(S(=O)(=O)c2ccccc2)cc2cccc(N3CCNCC3)c21. The van der Waals surface area contributed by atoms with Crippen LogP contribution >= 0.6 is 0 Å². The Morgan fingerprint density at radius 3 is 2.40 bits per heavy atom. The Kier molecular flexibility index (Phi) is 4.01. The Morgan fingerprint density at radius 2 is 1.68 bits per heavy atom. The van der Waals surface area contributed by atoms with E-state index in [2.05, 4.69) is 16.3 Å². The Labute approximate surface area is 147 Å². The van der Waals surface area contributed by atoms with E-state index < -0.39 is 9.84 Å². The molecule has 0 aliphatic carbocycles. The number of anilines is 1. The van der Waals surface area contributed by atoms with Crippen LogP contribution in [-0.4, -0.2) is 39.2 Å². The number of piperazine rings is 1. The van der Waals surface area contributed by atoms with Crippen LogP contribution in [0.3, 0.4) is 0 Å². The van der Waals surface area contributed by atoms with Gasteiger partial charge in [-0.1, -0.05) is 30.3 Å². The van der Waals surface area contributed by atoms with Gasteiger partial charge in [-0.2, -0.15) is 0 Å². The average Bonchev–Trinajstić information content (AvgIpc) is 3.01. The van der Waals surface area contributed by atoms with Gasteiger partial charge in [-0.15, -0.1) is 0 Å². The number of hydrogen-bond donors (Lipinski definition) is 1. The van der Waals surface area contributed by atoms with Crippen molar-refractivity contribution in [2.45, 2.75) is 9.92 Å². The average molecular weight is 355 g/mol. The van der Waals surface area contributed by atoms with Crippen molar-refractivity contribution in [3.63, 3.8) is 0 Å². The first kappa shape index (κ1) is 16.2. The number of aromatic nitrogens is 1. The molecule has 1 fully saturated rings. The summed E-state index contributed by atoms with van der Waals surface area (Å²) in [5.41, 5.74) is 2.06. The van der Waals surface area contributed by atoms with Crippen LogP contribution in [-0.2, 0) is 16.9 Å². The number of aryl methyl sites for hydroxylation is 1. The predicted molar refractivity (Wildman–Crippen MR) is 99.9 cm³/mol.